The number of amides is 1. The predicted molar refractivity (Wildman–Crippen MR) is 59.9 cm³/mol. The third-order valence-corrected chi connectivity index (χ3v) is 3.32. The average Bonchev–Trinajstić information content (AvgIpc) is 2.48. The van der Waals surface area contributed by atoms with Gasteiger partial charge in [-0.2, -0.15) is 0 Å². The molecule has 1 aliphatic heterocycles. The van der Waals surface area contributed by atoms with E-state index in [2.05, 4.69) is 15.6 Å². The van der Waals surface area contributed by atoms with Crippen LogP contribution in [0.4, 0.5) is 0 Å². The topological polar surface area (TPSA) is 54.0 Å². The van der Waals surface area contributed by atoms with Crippen LogP contribution >= 0.6 is 11.3 Å². The Hall–Kier alpha value is -0.940. The van der Waals surface area contributed by atoms with Crippen LogP contribution in [0.5, 0.6) is 0 Å². The molecule has 0 spiro atoms. The molecule has 1 aromatic heterocycles. The van der Waals surface area contributed by atoms with Crippen molar-refractivity contribution < 1.29 is 4.79 Å². The largest absolute Gasteiger partial charge is 0.355 e. The zero-order valence-electron chi connectivity index (χ0n) is 8.75. The lowest BCUT2D eigenvalue weighted by Crippen LogP contribution is -2.51. The maximum atomic E-state index is 11.5. The molecule has 0 bridgehead atoms. The van der Waals surface area contributed by atoms with E-state index in [4.69, 9.17) is 0 Å². The zero-order valence-corrected chi connectivity index (χ0v) is 9.56. The summed E-state index contributed by atoms with van der Waals surface area (Å²) in [5.74, 6) is 0.350. The summed E-state index contributed by atoms with van der Waals surface area (Å²) in [6.07, 6.45) is 0.830. The van der Waals surface area contributed by atoms with E-state index in [1.54, 1.807) is 11.3 Å². The van der Waals surface area contributed by atoms with Crippen LogP contribution in [-0.2, 0) is 11.2 Å². The van der Waals surface area contributed by atoms with Crippen molar-refractivity contribution in [2.75, 3.05) is 19.6 Å². The molecule has 2 heterocycles. The van der Waals surface area contributed by atoms with Crippen LogP contribution in [0.15, 0.2) is 5.38 Å². The number of carbonyl (C=O) groups is 1. The van der Waals surface area contributed by atoms with Crippen molar-refractivity contribution in [3.63, 3.8) is 0 Å². The lowest BCUT2D eigenvalue weighted by atomic mass is 10.0. The summed E-state index contributed by atoms with van der Waals surface area (Å²) in [4.78, 5) is 15.8. The predicted octanol–water partition coefficient (Wildman–Crippen LogP) is 0.330. The smallest absolute Gasteiger partial charge is 0.225 e. The number of nitrogens with one attached hydrogen (secondary N) is 2. The summed E-state index contributed by atoms with van der Waals surface area (Å²) in [6.45, 7) is 4.33. The third kappa shape index (κ3) is 2.76. The van der Waals surface area contributed by atoms with Crippen molar-refractivity contribution in [3.8, 4) is 0 Å². The lowest BCUT2D eigenvalue weighted by Gasteiger charge is -2.25. The van der Waals surface area contributed by atoms with Gasteiger partial charge in [-0.25, -0.2) is 4.98 Å². The highest BCUT2D eigenvalue weighted by Crippen LogP contribution is 2.08. The highest BCUT2D eigenvalue weighted by Gasteiger charge is 2.24. The number of aryl methyl sites for hydroxylation is 1. The SMILES string of the molecule is Cc1nc(CCNC(=O)C2CNC2)cs1. The molecular weight excluding hydrogens is 210 g/mol. The Morgan fingerprint density at radius 2 is 2.53 bits per heavy atom. The fourth-order valence-electron chi connectivity index (χ4n) is 1.46. The van der Waals surface area contributed by atoms with Gasteiger partial charge in [0.05, 0.1) is 16.6 Å². The van der Waals surface area contributed by atoms with Crippen LogP contribution in [0.3, 0.4) is 0 Å². The average molecular weight is 225 g/mol. The summed E-state index contributed by atoms with van der Waals surface area (Å²) in [5, 5.41) is 9.14. The molecule has 0 aromatic carbocycles. The molecule has 1 saturated heterocycles. The van der Waals surface area contributed by atoms with E-state index in [-0.39, 0.29) is 11.8 Å². The highest BCUT2D eigenvalue weighted by molar-refractivity contribution is 7.09. The van der Waals surface area contributed by atoms with Gasteiger partial charge in [-0.1, -0.05) is 0 Å². The third-order valence-electron chi connectivity index (χ3n) is 2.50. The second-order valence-corrected chi connectivity index (χ2v) is 4.82. The molecule has 4 nitrogen and oxygen atoms in total. The van der Waals surface area contributed by atoms with Crippen LogP contribution in [0, 0.1) is 12.8 Å². The van der Waals surface area contributed by atoms with Gasteiger partial charge in [-0.15, -0.1) is 11.3 Å². The second kappa shape index (κ2) is 4.72. The van der Waals surface area contributed by atoms with Gasteiger partial charge in [-0.05, 0) is 6.92 Å². The second-order valence-electron chi connectivity index (χ2n) is 3.75. The molecule has 1 aromatic rings. The number of aromatic nitrogens is 1. The molecule has 1 aliphatic rings. The van der Waals surface area contributed by atoms with E-state index in [0.717, 1.165) is 30.2 Å². The van der Waals surface area contributed by atoms with Crippen LogP contribution in [-0.4, -0.2) is 30.5 Å². The van der Waals surface area contributed by atoms with Gasteiger partial charge >= 0.3 is 0 Å². The van der Waals surface area contributed by atoms with Crippen LogP contribution in [0.1, 0.15) is 10.7 Å². The first-order valence-electron chi connectivity index (χ1n) is 5.15. The van der Waals surface area contributed by atoms with Gasteiger partial charge in [0.25, 0.3) is 0 Å². The van der Waals surface area contributed by atoms with E-state index in [1.165, 1.54) is 0 Å². The molecular formula is C10H15N3OS. The normalized spacial score (nSPS) is 16.1. The monoisotopic (exact) mass is 225 g/mol. The highest BCUT2D eigenvalue weighted by atomic mass is 32.1. The Morgan fingerprint density at radius 1 is 1.73 bits per heavy atom. The summed E-state index contributed by atoms with van der Waals surface area (Å²) >= 11 is 1.65. The maximum Gasteiger partial charge on any atom is 0.225 e. The molecule has 1 amide bonds. The van der Waals surface area contributed by atoms with Gasteiger partial charge in [0.2, 0.25) is 5.91 Å². The minimum atomic E-state index is 0.167. The van der Waals surface area contributed by atoms with E-state index < -0.39 is 0 Å². The molecule has 0 radical (unpaired) electrons. The molecule has 2 N–H and O–H groups in total. The lowest BCUT2D eigenvalue weighted by molar-refractivity contribution is -0.126. The minimum Gasteiger partial charge on any atom is -0.355 e. The first-order chi connectivity index (χ1) is 7.25. The molecule has 0 unspecified atom stereocenters. The van der Waals surface area contributed by atoms with Gasteiger partial charge in [-0.3, -0.25) is 4.79 Å². The van der Waals surface area contributed by atoms with Gasteiger partial charge in [0.1, 0.15) is 0 Å². The molecule has 5 heteroatoms. The number of thiazole rings is 1. The van der Waals surface area contributed by atoms with Gasteiger partial charge in [0.15, 0.2) is 0 Å². The fourth-order valence-corrected chi connectivity index (χ4v) is 2.10. The first kappa shape index (κ1) is 10.6. The van der Waals surface area contributed by atoms with Crippen LogP contribution in [0.25, 0.3) is 0 Å². The Morgan fingerprint density at radius 3 is 3.07 bits per heavy atom. The molecule has 15 heavy (non-hydrogen) atoms. The minimum absolute atomic E-state index is 0.167. The molecule has 1 fully saturated rings. The van der Waals surface area contributed by atoms with E-state index in [0.29, 0.717) is 6.54 Å². The van der Waals surface area contributed by atoms with Crippen molar-refractivity contribution in [1.29, 1.82) is 0 Å². The summed E-state index contributed by atoms with van der Waals surface area (Å²) < 4.78 is 0. The van der Waals surface area contributed by atoms with E-state index in [1.807, 2.05) is 12.3 Å². The van der Waals surface area contributed by atoms with Gasteiger partial charge in [0, 0.05) is 31.4 Å². The zero-order chi connectivity index (χ0) is 10.7. The van der Waals surface area contributed by atoms with Crippen molar-refractivity contribution in [2.45, 2.75) is 13.3 Å². The Balaban J connectivity index is 1.68. The molecule has 0 atom stereocenters. The number of rotatable bonds is 4. The summed E-state index contributed by atoms with van der Waals surface area (Å²) in [6, 6.07) is 0. The van der Waals surface area contributed by atoms with Crippen molar-refractivity contribution in [2.24, 2.45) is 5.92 Å². The van der Waals surface area contributed by atoms with E-state index in [9.17, 15) is 4.79 Å². The first-order valence-corrected chi connectivity index (χ1v) is 6.03. The van der Waals surface area contributed by atoms with E-state index >= 15 is 0 Å². The van der Waals surface area contributed by atoms with Crippen molar-refractivity contribution in [3.05, 3.63) is 16.1 Å². The van der Waals surface area contributed by atoms with Crippen LogP contribution in [0.2, 0.25) is 0 Å². The molecule has 0 saturated carbocycles. The van der Waals surface area contributed by atoms with Gasteiger partial charge < -0.3 is 10.6 Å². The Kier molecular flexibility index (Phi) is 3.33. The quantitative estimate of drug-likeness (QED) is 0.776. The number of hydrogen-bond acceptors (Lipinski definition) is 4. The summed E-state index contributed by atoms with van der Waals surface area (Å²) in [5.41, 5.74) is 1.07. The molecule has 82 valence electrons. The summed E-state index contributed by atoms with van der Waals surface area (Å²) in [7, 11) is 0. The Bertz CT molecular complexity index is 346. The number of carbonyl (C=O) groups excluding carboxylic acids is 1. The Labute approximate surface area is 93.1 Å². The maximum absolute atomic E-state index is 11.5. The number of nitrogens with zero attached hydrogens (tertiary/aromatic N) is 1. The number of hydrogen-bond donors (Lipinski definition) is 2. The van der Waals surface area contributed by atoms with Crippen molar-refractivity contribution >= 4 is 17.2 Å². The molecule has 2 rings (SSSR count). The molecule has 0 aliphatic carbocycles. The van der Waals surface area contributed by atoms with Crippen LogP contribution < -0.4 is 10.6 Å². The standard InChI is InChI=1S/C10H15N3OS/c1-7-13-9(6-15-7)2-3-12-10(14)8-4-11-5-8/h6,8,11H,2-5H2,1H3,(H,12,14). The fraction of sp³-hybridized carbons (Fsp3) is 0.600. The van der Waals surface area contributed by atoms with Crippen molar-refractivity contribution in [1.82, 2.24) is 15.6 Å².